The third kappa shape index (κ3) is 4.30. The van der Waals surface area contributed by atoms with Crippen LogP contribution in [0.2, 0.25) is 5.02 Å². The van der Waals surface area contributed by atoms with Gasteiger partial charge in [-0.3, -0.25) is 19.7 Å². The number of carbonyl (C=O) groups is 2. The first kappa shape index (κ1) is 17.4. The number of ether oxygens (including phenoxy) is 1. The highest BCUT2D eigenvalue weighted by Gasteiger charge is 2.17. The van der Waals surface area contributed by atoms with Crippen molar-refractivity contribution >= 4 is 35.2 Å². The maximum absolute atomic E-state index is 11.9. The van der Waals surface area contributed by atoms with Crippen LogP contribution in [0.4, 0.5) is 11.4 Å². The summed E-state index contributed by atoms with van der Waals surface area (Å²) < 4.78 is 5.20. The number of benzene rings is 2. The number of amides is 1. The molecule has 0 atom stereocenters. The Hall–Kier alpha value is -2.93. The van der Waals surface area contributed by atoms with Gasteiger partial charge in [-0.25, -0.2) is 0 Å². The van der Waals surface area contributed by atoms with E-state index in [1.54, 1.807) is 25.1 Å². The van der Waals surface area contributed by atoms with Crippen molar-refractivity contribution in [1.29, 1.82) is 0 Å². The topological polar surface area (TPSA) is 98.5 Å². The van der Waals surface area contributed by atoms with Crippen molar-refractivity contribution in [3.8, 4) is 5.75 Å². The predicted octanol–water partition coefficient (Wildman–Crippen LogP) is 3.39. The molecule has 124 valence electrons. The van der Waals surface area contributed by atoms with Crippen LogP contribution in [0.25, 0.3) is 0 Å². The second kappa shape index (κ2) is 7.56. The molecular weight excluding hydrogens is 336 g/mol. The Kier molecular flexibility index (Phi) is 5.49. The summed E-state index contributed by atoms with van der Waals surface area (Å²) in [6, 6.07) is 8.77. The number of aldehydes is 1. The molecule has 0 aromatic heterocycles. The number of nitro benzene ring substituents is 1. The average Bonchev–Trinajstić information content (AvgIpc) is 2.56. The minimum atomic E-state index is -0.679. The van der Waals surface area contributed by atoms with Crippen molar-refractivity contribution in [1.82, 2.24) is 0 Å². The van der Waals surface area contributed by atoms with Crippen LogP contribution in [-0.2, 0) is 4.79 Å². The SMILES string of the molecule is Cc1ccc(Cl)cc1NC(=O)COc1ccc(C=O)cc1[N+](=O)[O-]. The number of rotatable bonds is 6. The lowest BCUT2D eigenvalue weighted by Gasteiger charge is -2.10. The molecule has 0 aliphatic heterocycles. The van der Waals surface area contributed by atoms with E-state index in [4.69, 9.17) is 16.3 Å². The summed E-state index contributed by atoms with van der Waals surface area (Å²) in [7, 11) is 0. The van der Waals surface area contributed by atoms with Crippen LogP contribution in [-0.4, -0.2) is 23.7 Å². The van der Waals surface area contributed by atoms with E-state index in [0.29, 0.717) is 17.0 Å². The molecule has 24 heavy (non-hydrogen) atoms. The maximum atomic E-state index is 11.9. The molecule has 0 heterocycles. The van der Waals surface area contributed by atoms with Crippen molar-refractivity contribution in [3.63, 3.8) is 0 Å². The number of aryl methyl sites for hydroxylation is 1. The number of hydrogen-bond acceptors (Lipinski definition) is 5. The monoisotopic (exact) mass is 348 g/mol. The molecule has 2 aromatic carbocycles. The van der Waals surface area contributed by atoms with Gasteiger partial charge < -0.3 is 10.1 Å². The quantitative estimate of drug-likeness (QED) is 0.490. The van der Waals surface area contributed by atoms with Crippen LogP contribution < -0.4 is 10.1 Å². The molecule has 8 heteroatoms. The van der Waals surface area contributed by atoms with E-state index in [9.17, 15) is 19.7 Å². The van der Waals surface area contributed by atoms with E-state index in [2.05, 4.69) is 5.32 Å². The fourth-order valence-electron chi connectivity index (χ4n) is 1.93. The first-order chi connectivity index (χ1) is 11.4. The summed E-state index contributed by atoms with van der Waals surface area (Å²) in [5.41, 5.74) is 1.11. The Balaban J connectivity index is 2.07. The van der Waals surface area contributed by atoms with Crippen LogP contribution in [0.3, 0.4) is 0 Å². The molecule has 0 spiro atoms. The number of nitrogens with one attached hydrogen (secondary N) is 1. The lowest BCUT2D eigenvalue weighted by atomic mass is 10.2. The number of nitro groups is 1. The van der Waals surface area contributed by atoms with E-state index >= 15 is 0 Å². The van der Waals surface area contributed by atoms with Crippen molar-refractivity contribution in [2.24, 2.45) is 0 Å². The second-order valence-corrected chi connectivity index (χ2v) is 5.33. The number of anilines is 1. The zero-order valence-corrected chi connectivity index (χ0v) is 13.4. The van der Waals surface area contributed by atoms with Gasteiger partial charge in [-0.05, 0) is 36.8 Å². The summed E-state index contributed by atoms with van der Waals surface area (Å²) >= 11 is 5.87. The fraction of sp³-hybridized carbons (Fsp3) is 0.125. The highest BCUT2D eigenvalue weighted by Crippen LogP contribution is 2.27. The molecule has 0 aliphatic carbocycles. The predicted molar refractivity (Wildman–Crippen MR) is 88.8 cm³/mol. The molecule has 0 saturated heterocycles. The molecule has 2 rings (SSSR count). The van der Waals surface area contributed by atoms with Crippen LogP contribution in [0, 0.1) is 17.0 Å². The fourth-order valence-corrected chi connectivity index (χ4v) is 2.10. The summed E-state index contributed by atoms with van der Waals surface area (Å²) in [5.74, 6) is -0.585. The molecule has 0 saturated carbocycles. The van der Waals surface area contributed by atoms with Crippen LogP contribution in [0.1, 0.15) is 15.9 Å². The van der Waals surface area contributed by atoms with Gasteiger partial charge in [-0.2, -0.15) is 0 Å². The van der Waals surface area contributed by atoms with Crippen molar-refractivity contribution in [3.05, 3.63) is 62.7 Å². The number of halogens is 1. The largest absolute Gasteiger partial charge is 0.477 e. The minimum absolute atomic E-state index is 0.0939. The first-order valence-electron chi connectivity index (χ1n) is 6.83. The van der Waals surface area contributed by atoms with Crippen LogP contribution in [0.5, 0.6) is 5.75 Å². The van der Waals surface area contributed by atoms with Gasteiger partial charge in [0.25, 0.3) is 5.91 Å². The highest BCUT2D eigenvalue weighted by atomic mass is 35.5. The smallest absolute Gasteiger partial charge is 0.311 e. The normalized spacial score (nSPS) is 10.1. The van der Waals surface area contributed by atoms with E-state index in [-0.39, 0.29) is 17.0 Å². The minimum Gasteiger partial charge on any atom is -0.477 e. The lowest BCUT2D eigenvalue weighted by Crippen LogP contribution is -2.21. The van der Waals surface area contributed by atoms with E-state index in [1.807, 2.05) is 0 Å². The standard InChI is InChI=1S/C16H13ClN2O5/c1-10-2-4-12(17)7-13(10)18-16(21)9-24-15-5-3-11(8-20)6-14(15)19(22)23/h2-8H,9H2,1H3,(H,18,21). The lowest BCUT2D eigenvalue weighted by molar-refractivity contribution is -0.385. The molecule has 1 amide bonds. The van der Waals surface area contributed by atoms with Gasteiger partial charge >= 0.3 is 5.69 Å². The van der Waals surface area contributed by atoms with Gasteiger partial charge in [-0.1, -0.05) is 17.7 Å². The first-order valence-corrected chi connectivity index (χ1v) is 7.21. The Bertz CT molecular complexity index is 807. The number of hydrogen-bond donors (Lipinski definition) is 1. The molecule has 1 N–H and O–H groups in total. The zero-order chi connectivity index (χ0) is 17.7. The van der Waals surface area contributed by atoms with Crippen LogP contribution >= 0.6 is 11.6 Å². The molecule has 0 radical (unpaired) electrons. The van der Waals surface area contributed by atoms with E-state index < -0.39 is 17.4 Å². The van der Waals surface area contributed by atoms with Crippen molar-refractivity contribution < 1.29 is 19.2 Å². The van der Waals surface area contributed by atoms with Gasteiger partial charge in [-0.15, -0.1) is 0 Å². The highest BCUT2D eigenvalue weighted by molar-refractivity contribution is 6.31. The summed E-state index contributed by atoms with van der Waals surface area (Å²) in [6.07, 6.45) is 0.491. The molecule has 0 bridgehead atoms. The van der Waals surface area contributed by atoms with E-state index in [0.717, 1.165) is 11.6 Å². The summed E-state index contributed by atoms with van der Waals surface area (Å²) in [6.45, 7) is 1.38. The summed E-state index contributed by atoms with van der Waals surface area (Å²) in [5, 5.41) is 14.1. The Morgan fingerprint density at radius 2 is 2.08 bits per heavy atom. The summed E-state index contributed by atoms with van der Waals surface area (Å²) in [4.78, 5) is 33.0. The second-order valence-electron chi connectivity index (χ2n) is 4.90. The Morgan fingerprint density at radius 1 is 1.33 bits per heavy atom. The van der Waals surface area contributed by atoms with Crippen molar-refractivity contribution in [2.45, 2.75) is 6.92 Å². The van der Waals surface area contributed by atoms with E-state index in [1.165, 1.54) is 12.1 Å². The zero-order valence-electron chi connectivity index (χ0n) is 12.6. The molecule has 2 aromatic rings. The number of nitrogens with zero attached hydrogens (tertiary/aromatic N) is 1. The van der Waals surface area contributed by atoms with Crippen molar-refractivity contribution in [2.75, 3.05) is 11.9 Å². The maximum Gasteiger partial charge on any atom is 0.311 e. The average molecular weight is 349 g/mol. The van der Waals surface area contributed by atoms with Gasteiger partial charge in [0, 0.05) is 22.3 Å². The third-order valence-corrected chi connectivity index (χ3v) is 3.38. The molecule has 0 aliphatic rings. The van der Waals surface area contributed by atoms with Gasteiger partial charge in [0.1, 0.15) is 6.29 Å². The van der Waals surface area contributed by atoms with Gasteiger partial charge in [0.2, 0.25) is 0 Å². The molecule has 0 unspecified atom stereocenters. The Morgan fingerprint density at radius 3 is 2.75 bits per heavy atom. The van der Waals surface area contributed by atoms with Crippen LogP contribution in [0.15, 0.2) is 36.4 Å². The van der Waals surface area contributed by atoms with Gasteiger partial charge in [0.15, 0.2) is 12.4 Å². The molecule has 0 fully saturated rings. The number of carbonyl (C=O) groups excluding carboxylic acids is 2. The van der Waals surface area contributed by atoms with Gasteiger partial charge in [0.05, 0.1) is 4.92 Å². The Labute approximate surface area is 142 Å². The molecular formula is C16H13ClN2O5. The molecule has 7 nitrogen and oxygen atoms in total. The third-order valence-electron chi connectivity index (χ3n) is 3.15.